The molecule has 0 bridgehead atoms. The van der Waals surface area contributed by atoms with E-state index in [2.05, 4.69) is 16.6 Å². The van der Waals surface area contributed by atoms with Crippen LogP contribution in [0.2, 0.25) is 0 Å². The summed E-state index contributed by atoms with van der Waals surface area (Å²) in [7, 11) is 0. The lowest BCUT2D eigenvalue weighted by atomic mass is 10.2. The first-order chi connectivity index (χ1) is 8.22. The van der Waals surface area contributed by atoms with E-state index in [4.69, 9.17) is 6.42 Å². The molecule has 1 rings (SSSR count). The van der Waals surface area contributed by atoms with E-state index in [0.717, 1.165) is 19.3 Å². The van der Waals surface area contributed by atoms with Crippen molar-refractivity contribution >= 4 is 11.7 Å². The van der Waals surface area contributed by atoms with Gasteiger partial charge in [0, 0.05) is 18.7 Å². The molecule has 0 aromatic heterocycles. The first-order valence-corrected chi connectivity index (χ1v) is 5.48. The molecule has 0 aliphatic carbocycles. The lowest BCUT2D eigenvalue weighted by Crippen LogP contribution is -2.29. The third-order valence-electron chi connectivity index (χ3n) is 2.15. The molecule has 2 amide bonds. The van der Waals surface area contributed by atoms with Gasteiger partial charge in [-0.2, -0.15) is 0 Å². The highest BCUT2D eigenvalue weighted by Crippen LogP contribution is 2.10. The number of hydrogen-bond donors (Lipinski definition) is 2. The van der Waals surface area contributed by atoms with Crippen LogP contribution in [0.1, 0.15) is 19.3 Å². The lowest BCUT2D eigenvalue weighted by Gasteiger charge is -2.09. The third kappa shape index (κ3) is 5.47. The number of hydrogen-bond acceptors (Lipinski definition) is 2. The molecule has 2 N–H and O–H groups in total. The summed E-state index contributed by atoms with van der Waals surface area (Å²) < 4.78 is 0. The second-order valence-corrected chi connectivity index (χ2v) is 3.57. The van der Waals surface area contributed by atoms with Crippen LogP contribution in [-0.4, -0.2) is 12.6 Å². The number of urea groups is 1. The second-order valence-electron chi connectivity index (χ2n) is 3.57. The molecule has 0 unspecified atom stereocenters. The second kappa shape index (κ2) is 7.18. The number of carbonyl (C=O) groups is 1. The van der Waals surface area contributed by atoms with Crippen molar-refractivity contribution in [3.8, 4) is 18.1 Å². The highest BCUT2D eigenvalue weighted by atomic mass is 16.3. The summed E-state index contributed by atoms with van der Waals surface area (Å²) in [5.74, 6) is 2.46. The molecule has 0 aliphatic rings. The third-order valence-corrected chi connectivity index (χ3v) is 2.15. The van der Waals surface area contributed by atoms with Crippen molar-refractivity contribution in [1.82, 2.24) is 5.32 Å². The van der Waals surface area contributed by atoms with Gasteiger partial charge in [0.05, 0.1) is 0 Å². The Hall–Kier alpha value is -2.15. The number of nitrogens with one attached hydrogen (secondary N) is 2. The summed E-state index contributed by atoms with van der Waals surface area (Å²) in [5.41, 5.74) is 0.603. The van der Waals surface area contributed by atoms with Gasteiger partial charge in [0.1, 0.15) is 0 Å². The molecule has 0 saturated carbocycles. The van der Waals surface area contributed by atoms with Gasteiger partial charge in [-0.25, -0.2) is 4.79 Å². The van der Waals surface area contributed by atoms with Crippen molar-refractivity contribution < 1.29 is 9.90 Å². The molecule has 0 atom stereocenters. The minimum atomic E-state index is -0.274. The molecule has 4 nitrogen and oxygen atoms in total. The number of unbranched alkanes of at least 4 members (excludes halogenated alkanes) is 2. The minimum absolute atomic E-state index is 0.0785. The summed E-state index contributed by atoms with van der Waals surface area (Å²) in [6.45, 7) is 0.590. The number of rotatable bonds is 5. The largest absolute Gasteiger partial charge is 0.872 e. The maximum atomic E-state index is 11.4. The van der Waals surface area contributed by atoms with Crippen LogP contribution in [0.5, 0.6) is 5.75 Å². The topological polar surface area (TPSA) is 64.2 Å². The highest BCUT2D eigenvalue weighted by Gasteiger charge is 1.99. The Bertz CT molecular complexity index is 393. The van der Waals surface area contributed by atoms with E-state index < -0.39 is 0 Å². The zero-order valence-electron chi connectivity index (χ0n) is 9.53. The van der Waals surface area contributed by atoms with Gasteiger partial charge in [0.15, 0.2) is 0 Å². The van der Waals surface area contributed by atoms with Crippen LogP contribution < -0.4 is 15.7 Å². The maximum Gasteiger partial charge on any atom is 0.319 e. The van der Waals surface area contributed by atoms with Gasteiger partial charge < -0.3 is 15.7 Å². The standard InChI is InChI=1S/C13H16N2O2/c1-2-3-4-5-10-14-13(17)15-11-6-8-12(16)9-7-11/h1,6-9,16H,3-5,10H2,(H2,14,15,17)/p-1. The summed E-state index contributed by atoms with van der Waals surface area (Å²) in [6, 6.07) is 5.68. The maximum absolute atomic E-state index is 11.4. The van der Waals surface area contributed by atoms with Crippen LogP contribution in [0.4, 0.5) is 10.5 Å². The predicted molar refractivity (Wildman–Crippen MR) is 65.6 cm³/mol. The monoisotopic (exact) mass is 231 g/mol. The Labute approximate surface area is 101 Å². The Kier molecular flexibility index (Phi) is 5.45. The van der Waals surface area contributed by atoms with Gasteiger partial charge >= 0.3 is 6.03 Å². The molecule has 0 saturated heterocycles. The van der Waals surface area contributed by atoms with Crippen molar-refractivity contribution in [3.63, 3.8) is 0 Å². The zero-order valence-corrected chi connectivity index (χ0v) is 9.53. The molecule has 4 heteroatoms. The summed E-state index contributed by atoms with van der Waals surface area (Å²) >= 11 is 0. The smallest absolute Gasteiger partial charge is 0.319 e. The van der Waals surface area contributed by atoms with E-state index in [0.29, 0.717) is 12.2 Å². The number of terminal acetylenes is 1. The van der Waals surface area contributed by atoms with Gasteiger partial charge in [-0.15, -0.1) is 18.1 Å². The average Bonchev–Trinajstić information content (AvgIpc) is 2.32. The Morgan fingerprint density at radius 3 is 2.65 bits per heavy atom. The number of benzene rings is 1. The molecular formula is C13H15N2O2-. The minimum Gasteiger partial charge on any atom is -0.872 e. The van der Waals surface area contributed by atoms with Crippen molar-refractivity contribution in [2.75, 3.05) is 11.9 Å². The Balaban J connectivity index is 2.21. The van der Waals surface area contributed by atoms with E-state index >= 15 is 0 Å². The number of anilines is 1. The SMILES string of the molecule is C#CCCCCNC(=O)Nc1ccc([O-])cc1. The van der Waals surface area contributed by atoms with Gasteiger partial charge in [0.25, 0.3) is 0 Å². The molecule has 0 radical (unpaired) electrons. The molecule has 90 valence electrons. The Morgan fingerprint density at radius 2 is 2.00 bits per heavy atom. The van der Waals surface area contributed by atoms with Crippen molar-refractivity contribution in [2.24, 2.45) is 0 Å². The molecule has 0 aliphatic heterocycles. The van der Waals surface area contributed by atoms with Gasteiger partial charge in [-0.1, -0.05) is 12.1 Å². The predicted octanol–water partition coefficient (Wildman–Crippen LogP) is 1.69. The molecule has 0 heterocycles. The number of carbonyl (C=O) groups excluding carboxylic acids is 1. The molecular weight excluding hydrogens is 216 g/mol. The van der Waals surface area contributed by atoms with E-state index in [-0.39, 0.29) is 11.8 Å². The molecule has 17 heavy (non-hydrogen) atoms. The first kappa shape index (κ1) is 12.9. The fourth-order valence-electron chi connectivity index (χ4n) is 1.27. The van der Waals surface area contributed by atoms with Crippen LogP contribution in [-0.2, 0) is 0 Å². The lowest BCUT2D eigenvalue weighted by molar-refractivity contribution is -0.268. The quantitative estimate of drug-likeness (QED) is 0.598. The molecule has 0 spiro atoms. The van der Waals surface area contributed by atoms with Gasteiger partial charge in [0.2, 0.25) is 0 Å². The Morgan fingerprint density at radius 1 is 1.29 bits per heavy atom. The summed E-state index contributed by atoms with van der Waals surface area (Å²) in [6.07, 6.45) is 7.60. The normalized spacial score (nSPS) is 9.35. The highest BCUT2D eigenvalue weighted by molar-refractivity contribution is 5.89. The average molecular weight is 231 g/mol. The van der Waals surface area contributed by atoms with Crippen LogP contribution in [0.15, 0.2) is 24.3 Å². The van der Waals surface area contributed by atoms with Crippen LogP contribution in [0.25, 0.3) is 0 Å². The van der Waals surface area contributed by atoms with Crippen molar-refractivity contribution in [2.45, 2.75) is 19.3 Å². The van der Waals surface area contributed by atoms with E-state index in [1.54, 1.807) is 12.1 Å². The van der Waals surface area contributed by atoms with Crippen LogP contribution >= 0.6 is 0 Å². The summed E-state index contributed by atoms with van der Waals surface area (Å²) in [4.78, 5) is 11.4. The summed E-state index contributed by atoms with van der Waals surface area (Å²) in [5, 5.41) is 16.2. The molecule has 1 aromatic carbocycles. The van der Waals surface area contributed by atoms with Crippen LogP contribution in [0, 0.1) is 12.3 Å². The van der Waals surface area contributed by atoms with E-state index in [1.807, 2.05) is 0 Å². The molecule has 0 fully saturated rings. The van der Waals surface area contributed by atoms with E-state index in [1.165, 1.54) is 12.1 Å². The van der Waals surface area contributed by atoms with Crippen molar-refractivity contribution in [1.29, 1.82) is 0 Å². The molecule has 1 aromatic rings. The van der Waals surface area contributed by atoms with Gasteiger partial charge in [-0.05, 0) is 25.0 Å². The fourth-order valence-corrected chi connectivity index (χ4v) is 1.27. The van der Waals surface area contributed by atoms with Crippen molar-refractivity contribution in [3.05, 3.63) is 24.3 Å². The van der Waals surface area contributed by atoms with E-state index in [9.17, 15) is 9.90 Å². The number of amides is 2. The fraction of sp³-hybridized carbons (Fsp3) is 0.308. The first-order valence-electron chi connectivity index (χ1n) is 5.48. The van der Waals surface area contributed by atoms with Gasteiger partial charge in [-0.3, -0.25) is 0 Å². The van der Waals surface area contributed by atoms with Crippen LogP contribution in [0.3, 0.4) is 0 Å². The zero-order chi connectivity index (χ0) is 12.5.